The van der Waals surface area contributed by atoms with Crippen molar-refractivity contribution in [2.24, 2.45) is 5.41 Å². The first-order valence-corrected chi connectivity index (χ1v) is 9.93. The number of nitrogens with one attached hydrogen (secondary N) is 2. The molecule has 1 saturated heterocycles. The molecule has 28 heavy (non-hydrogen) atoms. The van der Waals surface area contributed by atoms with Crippen LogP contribution in [-0.2, 0) is 4.79 Å². The molecule has 1 saturated carbocycles. The van der Waals surface area contributed by atoms with E-state index in [2.05, 4.69) is 25.5 Å². The van der Waals surface area contributed by atoms with Crippen molar-refractivity contribution in [2.45, 2.75) is 38.6 Å². The second-order valence-corrected chi connectivity index (χ2v) is 8.19. The number of H-pyrrole nitrogens is 1. The van der Waals surface area contributed by atoms with Gasteiger partial charge in [0.15, 0.2) is 5.15 Å². The summed E-state index contributed by atoms with van der Waals surface area (Å²) in [4.78, 5) is 21.8. The average molecular weight is 401 g/mol. The number of halogens is 1. The maximum Gasteiger partial charge on any atom is 0.316 e. The molecule has 0 radical (unpaired) electrons. The normalized spacial score (nSPS) is 19.1. The summed E-state index contributed by atoms with van der Waals surface area (Å²) in [6, 6.07) is 1.63. The predicted molar refractivity (Wildman–Crippen MR) is 105 cm³/mol. The third kappa shape index (κ3) is 3.01. The predicted octanol–water partition coefficient (Wildman–Crippen LogP) is 3.47. The van der Waals surface area contributed by atoms with E-state index in [1.165, 1.54) is 12.8 Å². The minimum Gasteiger partial charge on any atom is -0.403 e. The minimum atomic E-state index is -0.428. The molecule has 3 aromatic heterocycles. The number of pyridine rings is 1. The van der Waals surface area contributed by atoms with E-state index in [0.29, 0.717) is 22.0 Å². The lowest BCUT2D eigenvalue weighted by molar-refractivity contribution is -0.133. The van der Waals surface area contributed by atoms with Gasteiger partial charge < -0.3 is 19.6 Å². The summed E-state index contributed by atoms with van der Waals surface area (Å²) >= 11 is 6.10. The number of carbonyl (C=O) groups excluding carboxylic acids is 1. The molecule has 1 atom stereocenters. The number of rotatable bonds is 4. The topological polar surface area (TPSA) is 99.9 Å². The number of likely N-dealkylation sites (tertiary alicyclic amines) is 1. The minimum absolute atomic E-state index is 0.0696. The van der Waals surface area contributed by atoms with E-state index in [1.807, 2.05) is 17.9 Å². The zero-order chi connectivity index (χ0) is 19.3. The standard InChI is InChI=1S/C19H21ClN6O2/c1-11(17(27)26-8-5-19(3-4-19)6-9-26)23-18-25-24-16(28-18)13-10-22-14-12(13)2-7-21-15(14)20/h2,7,10-11,22H,3-6,8-9H2,1H3,(H,23,25)/t11-/m0/s1. The van der Waals surface area contributed by atoms with E-state index in [9.17, 15) is 4.79 Å². The molecule has 1 aliphatic carbocycles. The zero-order valence-corrected chi connectivity index (χ0v) is 16.3. The summed E-state index contributed by atoms with van der Waals surface area (Å²) in [5.74, 6) is 0.421. The van der Waals surface area contributed by atoms with Gasteiger partial charge in [-0.2, -0.15) is 0 Å². The summed E-state index contributed by atoms with van der Waals surface area (Å²) in [6.45, 7) is 3.50. The highest BCUT2D eigenvalue weighted by Crippen LogP contribution is 2.53. The van der Waals surface area contributed by atoms with Crippen LogP contribution >= 0.6 is 11.6 Å². The van der Waals surface area contributed by atoms with Crippen molar-refractivity contribution >= 4 is 34.4 Å². The molecular weight excluding hydrogens is 380 g/mol. The molecule has 3 aromatic rings. The van der Waals surface area contributed by atoms with Crippen molar-refractivity contribution in [2.75, 3.05) is 18.4 Å². The van der Waals surface area contributed by atoms with Crippen LogP contribution in [0, 0.1) is 5.41 Å². The van der Waals surface area contributed by atoms with Crippen LogP contribution in [0.2, 0.25) is 5.15 Å². The van der Waals surface area contributed by atoms with Gasteiger partial charge in [0.2, 0.25) is 5.91 Å². The first kappa shape index (κ1) is 17.5. The van der Waals surface area contributed by atoms with E-state index in [4.69, 9.17) is 16.0 Å². The maximum atomic E-state index is 12.7. The SMILES string of the molecule is C[C@H](Nc1nnc(-c2c[nH]c3c(Cl)nccc23)o1)C(=O)N1CCC2(CC1)CC2. The number of aromatic amines is 1. The molecule has 2 N–H and O–H groups in total. The van der Waals surface area contributed by atoms with Crippen LogP contribution in [0.25, 0.3) is 22.4 Å². The van der Waals surface area contributed by atoms with Gasteiger partial charge in [-0.1, -0.05) is 16.7 Å². The lowest BCUT2D eigenvalue weighted by Gasteiger charge is -2.33. The van der Waals surface area contributed by atoms with Gasteiger partial charge in [0.05, 0.1) is 11.1 Å². The van der Waals surface area contributed by atoms with Gasteiger partial charge in [0.1, 0.15) is 6.04 Å². The molecule has 2 fully saturated rings. The van der Waals surface area contributed by atoms with Crippen LogP contribution in [0.3, 0.4) is 0 Å². The fourth-order valence-corrected chi connectivity index (χ4v) is 4.20. The molecule has 5 rings (SSSR count). The number of piperidine rings is 1. The van der Waals surface area contributed by atoms with Crippen molar-refractivity contribution in [3.05, 3.63) is 23.6 Å². The summed E-state index contributed by atoms with van der Waals surface area (Å²) < 4.78 is 5.74. The van der Waals surface area contributed by atoms with Gasteiger partial charge >= 0.3 is 6.01 Å². The molecule has 1 spiro atoms. The van der Waals surface area contributed by atoms with Gasteiger partial charge in [0.25, 0.3) is 5.89 Å². The van der Waals surface area contributed by atoms with Crippen LogP contribution in [0.15, 0.2) is 22.9 Å². The number of fused-ring (bicyclic) bond motifs is 1. The second-order valence-electron chi connectivity index (χ2n) is 7.83. The van der Waals surface area contributed by atoms with Crippen LogP contribution in [-0.4, -0.2) is 50.1 Å². The van der Waals surface area contributed by atoms with E-state index >= 15 is 0 Å². The number of nitrogens with zero attached hydrogens (tertiary/aromatic N) is 4. The molecule has 146 valence electrons. The highest BCUT2D eigenvalue weighted by Gasteiger charge is 2.45. The average Bonchev–Trinajstić information content (AvgIpc) is 3.10. The molecule has 0 unspecified atom stereocenters. The van der Waals surface area contributed by atoms with Gasteiger partial charge in [-0.25, -0.2) is 4.98 Å². The molecule has 1 aliphatic heterocycles. The smallest absolute Gasteiger partial charge is 0.316 e. The Labute approximate surface area is 166 Å². The molecule has 0 aromatic carbocycles. The Morgan fingerprint density at radius 1 is 1.32 bits per heavy atom. The largest absolute Gasteiger partial charge is 0.403 e. The Morgan fingerprint density at radius 2 is 2.11 bits per heavy atom. The van der Waals surface area contributed by atoms with Crippen LogP contribution in [0.4, 0.5) is 6.01 Å². The van der Waals surface area contributed by atoms with Gasteiger partial charge in [-0.3, -0.25) is 4.79 Å². The van der Waals surface area contributed by atoms with Crippen molar-refractivity contribution in [1.82, 2.24) is 25.1 Å². The van der Waals surface area contributed by atoms with Gasteiger partial charge in [-0.15, -0.1) is 5.10 Å². The number of carbonyl (C=O) groups is 1. The number of amides is 1. The molecule has 1 amide bonds. The van der Waals surface area contributed by atoms with Crippen molar-refractivity contribution in [3.63, 3.8) is 0 Å². The fraction of sp³-hybridized carbons (Fsp3) is 0.474. The van der Waals surface area contributed by atoms with Crippen molar-refractivity contribution in [1.29, 1.82) is 0 Å². The van der Waals surface area contributed by atoms with E-state index < -0.39 is 6.04 Å². The van der Waals surface area contributed by atoms with Crippen LogP contribution < -0.4 is 5.32 Å². The summed E-state index contributed by atoms with van der Waals surface area (Å²) in [5.41, 5.74) is 2.01. The Morgan fingerprint density at radius 3 is 2.86 bits per heavy atom. The maximum absolute atomic E-state index is 12.7. The van der Waals surface area contributed by atoms with Gasteiger partial charge in [-0.05, 0) is 44.1 Å². The summed E-state index contributed by atoms with van der Waals surface area (Å²) in [6.07, 6.45) is 8.27. The van der Waals surface area contributed by atoms with E-state index in [1.54, 1.807) is 12.4 Å². The Balaban J connectivity index is 1.28. The Kier molecular flexibility index (Phi) is 4.04. The lowest BCUT2D eigenvalue weighted by atomic mass is 9.93. The summed E-state index contributed by atoms with van der Waals surface area (Å²) in [5, 5.41) is 12.4. The third-order valence-corrected chi connectivity index (χ3v) is 6.30. The van der Waals surface area contributed by atoms with Gasteiger partial charge in [0, 0.05) is 30.9 Å². The first-order valence-electron chi connectivity index (χ1n) is 9.55. The molecular formula is C19H21ClN6O2. The lowest BCUT2D eigenvalue weighted by Crippen LogP contribution is -2.45. The number of anilines is 1. The fourth-order valence-electron chi connectivity index (χ4n) is 3.99. The molecule has 8 nitrogen and oxygen atoms in total. The zero-order valence-electron chi connectivity index (χ0n) is 15.5. The summed E-state index contributed by atoms with van der Waals surface area (Å²) in [7, 11) is 0. The highest BCUT2D eigenvalue weighted by atomic mass is 35.5. The molecule has 2 aliphatic rings. The second kappa shape index (κ2) is 6.48. The van der Waals surface area contributed by atoms with Crippen molar-refractivity contribution in [3.8, 4) is 11.5 Å². The molecule has 4 heterocycles. The highest BCUT2D eigenvalue weighted by molar-refractivity contribution is 6.34. The number of aromatic nitrogens is 4. The quantitative estimate of drug-likeness (QED) is 0.650. The van der Waals surface area contributed by atoms with Crippen LogP contribution in [0.5, 0.6) is 0 Å². The van der Waals surface area contributed by atoms with Crippen LogP contribution in [0.1, 0.15) is 32.6 Å². The van der Waals surface area contributed by atoms with Crippen molar-refractivity contribution < 1.29 is 9.21 Å². The Bertz CT molecular complexity index is 1030. The molecule has 9 heteroatoms. The van der Waals surface area contributed by atoms with E-state index in [0.717, 1.165) is 36.9 Å². The molecule has 0 bridgehead atoms. The van der Waals surface area contributed by atoms with E-state index in [-0.39, 0.29) is 11.9 Å². The first-order chi connectivity index (χ1) is 13.5. The Hall–Kier alpha value is -2.61. The number of hydrogen-bond donors (Lipinski definition) is 2. The third-order valence-electron chi connectivity index (χ3n) is 6.01. The number of hydrogen-bond acceptors (Lipinski definition) is 6. The monoisotopic (exact) mass is 400 g/mol.